The summed E-state index contributed by atoms with van der Waals surface area (Å²) in [5, 5.41) is 4.88. The van der Waals surface area contributed by atoms with Crippen molar-refractivity contribution in [3.63, 3.8) is 0 Å². The summed E-state index contributed by atoms with van der Waals surface area (Å²) >= 11 is 11.6. The number of carbonyl (C=O) groups excluding carboxylic acids is 2. The predicted octanol–water partition coefficient (Wildman–Crippen LogP) is 3.86. The van der Waals surface area contributed by atoms with Gasteiger partial charge < -0.3 is 10.1 Å². The van der Waals surface area contributed by atoms with Crippen LogP contribution in [0.5, 0.6) is 5.75 Å². The Balaban J connectivity index is 1.85. The Bertz CT molecular complexity index is 740. The van der Waals surface area contributed by atoms with Gasteiger partial charge in [0.1, 0.15) is 11.6 Å². The fourth-order valence-corrected chi connectivity index (χ4v) is 2.08. The maximum absolute atomic E-state index is 13.4. The molecule has 2 N–H and O–H groups in total. The molecular formula is C15H11Cl2FN2O3. The Hall–Kier alpha value is -2.31. The van der Waals surface area contributed by atoms with Gasteiger partial charge in [0.05, 0.1) is 10.7 Å². The van der Waals surface area contributed by atoms with E-state index in [1.54, 1.807) is 12.1 Å². The van der Waals surface area contributed by atoms with Crippen LogP contribution >= 0.6 is 23.2 Å². The number of carbonyl (C=O) groups is 2. The van der Waals surface area contributed by atoms with E-state index in [1.165, 1.54) is 30.3 Å². The number of imide groups is 1. The molecule has 0 atom stereocenters. The second kappa shape index (κ2) is 7.80. The SMILES string of the molecule is O=C(COc1ccc(Cl)cc1Cl)NC(=O)Nc1ccccc1F. The van der Waals surface area contributed by atoms with Crippen molar-refractivity contribution in [3.8, 4) is 5.75 Å². The van der Waals surface area contributed by atoms with E-state index in [2.05, 4.69) is 5.32 Å². The van der Waals surface area contributed by atoms with Gasteiger partial charge in [0.15, 0.2) is 6.61 Å². The van der Waals surface area contributed by atoms with E-state index in [-0.39, 0.29) is 16.5 Å². The smallest absolute Gasteiger partial charge is 0.326 e. The van der Waals surface area contributed by atoms with Gasteiger partial charge in [0.25, 0.3) is 5.91 Å². The highest BCUT2D eigenvalue weighted by Gasteiger charge is 2.11. The third kappa shape index (κ3) is 5.12. The zero-order valence-electron chi connectivity index (χ0n) is 11.6. The number of nitrogens with one attached hydrogen (secondary N) is 2. The van der Waals surface area contributed by atoms with Crippen LogP contribution < -0.4 is 15.4 Å². The molecule has 0 unspecified atom stereocenters. The maximum atomic E-state index is 13.4. The molecule has 0 aliphatic heterocycles. The summed E-state index contributed by atoms with van der Waals surface area (Å²) in [6.45, 7) is -0.438. The number of urea groups is 1. The van der Waals surface area contributed by atoms with Crippen molar-refractivity contribution in [1.82, 2.24) is 5.32 Å². The second-order valence-electron chi connectivity index (χ2n) is 4.35. The van der Waals surface area contributed by atoms with Gasteiger partial charge in [-0.3, -0.25) is 10.1 Å². The van der Waals surface area contributed by atoms with Crippen molar-refractivity contribution in [2.75, 3.05) is 11.9 Å². The second-order valence-corrected chi connectivity index (χ2v) is 5.19. The van der Waals surface area contributed by atoms with Crippen molar-refractivity contribution < 1.29 is 18.7 Å². The third-order valence-electron chi connectivity index (χ3n) is 2.63. The molecule has 120 valence electrons. The minimum Gasteiger partial charge on any atom is -0.482 e. The molecule has 0 bridgehead atoms. The van der Waals surface area contributed by atoms with Gasteiger partial charge in [-0.15, -0.1) is 0 Å². The fourth-order valence-electron chi connectivity index (χ4n) is 1.61. The van der Waals surface area contributed by atoms with Crippen LogP contribution in [-0.4, -0.2) is 18.5 Å². The summed E-state index contributed by atoms with van der Waals surface area (Å²) in [5.74, 6) is -1.08. The van der Waals surface area contributed by atoms with Crippen LogP contribution in [0.15, 0.2) is 42.5 Å². The monoisotopic (exact) mass is 356 g/mol. The highest BCUT2D eigenvalue weighted by Crippen LogP contribution is 2.27. The largest absolute Gasteiger partial charge is 0.482 e. The summed E-state index contributed by atoms with van der Waals surface area (Å²) in [4.78, 5) is 23.2. The lowest BCUT2D eigenvalue weighted by Crippen LogP contribution is -2.37. The molecule has 23 heavy (non-hydrogen) atoms. The molecule has 0 heterocycles. The highest BCUT2D eigenvalue weighted by atomic mass is 35.5. The molecule has 2 aromatic rings. The molecule has 0 radical (unpaired) electrons. The quantitative estimate of drug-likeness (QED) is 0.873. The van der Waals surface area contributed by atoms with Gasteiger partial charge in [-0.2, -0.15) is 0 Å². The summed E-state index contributed by atoms with van der Waals surface area (Å²) < 4.78 is 18.5. The Morgan fingerprint density at radius 2 is 1.87 bits per heavy atom. The Morgan fingerprint density at radius 3 is 2.57 bits per heavy atom. The molecule has 0 aromatic heterocycles. The average Bonchev–Trinajstić information content (AvgIpc) is 2.48. The van der Waals surface area contributed by atoms with E-state index < -0.39 is 24.4 Å². The number of amides is 3. The number of halogens is 3. The number of hydrogen-bond donors (Lipinski definition) is 2. The van der Waals surface area contributed by atoms with Crippen molar-refractivity contribution in [2.45, 2.75) is 0 Å². The molecule has 3 amide bonds. The lowest BCUT2D eigenvalue weighted by Gasteiger charge is -2.09. The Morgan fingerprint density at radius 1 is 1.13 bits per heavy atom. The van der Waals surface area contributed by atoms with Gasteiger partial charge in [-0.05, 0) is 30.3 Å². The molecule has 0 saturated heterocycles. The fraction of sp³-hybridized carbons (Fsp3) is 0.0667. The van der Waals surface area contributed by atoms with Crippen molar-refractivity contribution in [2.24, 2.45) is 0 Å². The number of ether oxygens (including phenoxy) is 1. The summed E-state index contributed by atoms with van der Waals surface area (Å²) in [6.07, 6.45) is 0. The molecule has 0 aliphatic carbocycles. The predicted molar refractivity (Wildman–Crippen MR) is 85.5 cm³/mol. The summed E-state index contributed by atoms with van der Waals surface area (Å²) in [6, 6.07) is 9.21. The number of para-hydroxylation sites is 1. The number of hydrogen-bond acceptors (Lipinski definition) is 3. The van der Waals surface area contributed by atoms with E-state index in [0.29, 0.717) is 5.02 Å². The first-order valence-corrected chi connectivity index (χ1v) is 7.14. The van der Waals surface area contributed by atoms with Crippen molar-refractivity contribution in [3.05, 3.63) is 58.3 Å². The van der Waals surface area contributed by atoms with Crippen LogP contribution in [0.2, 0.25) is 10.0 Å². The summed E-state index contributed by atoms with van der Waals surface area (Å²) in [7, 11) is 0. The molecule has 5 nitrogen and oxygen atoms in total. The van der Waals surface area contributed by atoms with E-state index in [0.717, 1.165) is 0 Å². The van der Waals surface area contributed by atoms with Gasteiger partial charge in [-0.1, -0.05) is 35.3 Å². The molecule has 0 spiro atoms. The first-order chi connectivity index (χ1) is 11.0. The van der Waals surface area contributed by atoms with E-state index >= 15 is 0 Å². The normalized spacial score (nSPS) is 10.0. The standard InChI is InChI=1S/C15H11Cl2FN2O3/c16-9-5-6-13(10(17)7-9)23-8-14(21)20-15(22)19-12-4-2-1-3-11(12)18/h1-7H,8H2,(H2,19,20,21,22). The molecule has 2 rings (SSSR count). The van der Waals surface area contributed by atoms with E-state index in [1.807, 2.05) is 5.32 Å². The zero-order valence-corrected chi connectivity index (χ0v) is 13.1. The van der Waals surface area contributed by atoms with Crippen LogP contribution in [0.25, 0.3) is 0 Å². The molecular weight excluding hydrogens is 346 g/mol. The van der Waals surface area contributed by atoms with E-state index in [9.17, 15) is 14.0 Å². The first-order valence-electron chi connectivity index (χ1n) is 6.39. The van der Waals surface area contributed by atoms with Gasteiger partial charge in [0, 0.05) is 5.02 Å². The minimum absolute atomic E-state index is 0.0422. The van der Waals surface area contributed by atoms with Gasteiger partial charge in [0.2, 0.25) is 0 Å². The van der Waals surface area contributed by atoms with Gasteiger partial charge >= 0.3 is 6.03 Å². The number of rotatable bonds is 4. The molecule has 8 heteroatoms. The Kier molecular flexibility index (Phi) is 5.78. The maximum Gasteiger partial charge on any atom is 0.326 e. The topological polar surface area (TPSA) is 67.4 Å². The Labute approximate surface area is 141 Å². The highest BCUT2D eigenvalue weighted by molar-refractivity contribution is 6.35. The molecule has 2 aromatic carbocycles. The van der Waals surface area contributed by atoms with Gasteiger partial charge in [-0.25, -0.2) is 9.18 Å². The van der Waals surface area contributed by atoms with Crippen molar-refractivity contribution in [1.29, 1.82) is 0 Å². The van der Waals surface area contributed by atoms with Crippen LogP contribution in [0.1, 0.15) is 0 Å². The number of benzene rings is 2. The van der Waals surface area contributed by atoms with E-state index in [4.69, 9.17) is 27.9 Å². The zero-order chi connectivity index (χ0) is 16.8. The lowest BCUT2D eigenvalue weighted by atomic mass is 10.3. The lowest BCUT2D eigenvalue weighted by molar-refractivity contribution is -0.121. The molecule has 0 saturated carbocycles. The minimum atomic E-state index is -0.870. The van der Waals surface area contributed by atoms with Crippen LogP contribution in [0.3, 0.4) is 0 Å². The van der Waals surface area contributed by atoms with Crippen molar-refractivity contribution >= 4 is 40.8 Å². The summed E-state index contributed by atoms with van der Waals surface area (Å²) in [5.41, 5.74) is -0.0422. The van der Waals surface area contributed by atoms with Crippen LogP contribution in [0, 0.1) is 5.82 Å². The molecule has 0 fully saturated rings. The average molecular weight is 357 g/mol. The first kappa shape index (κ1) is 17.1. The van der Waals surface area contributed by atoms with Crippen LogP contribution in [0.4, 0.5) is 14.9 Å². The third-order valence-corrected chi connectivity index (χ3v) is 3.16. The number of anilines is 1. The molecule has 0 aliphatic rings. The van der Waals surface area contributed by atoms with Crippen LogP contribution in [-0.2, 0) is 4.79 Å².